The number of likely N-dealkylation sites (tertiary alicyclic amines) is 1. The lowest BCUT2D eigenvalue weighted by molar-refractivity contribution is 0.184. The normalized spacial score (nSPS) is 18.4. The average molecular weight is 412 g/mol. The molecular formula is C26H57N3. The molecule has 3 heteroatoms. The third-order valence-corrected chi connectivity index (χ3v) is 3.76. The topological polar surface area (TPSA) is 41.3 Å². The van der Waals surface area contributed by atoms with Gasteiger partial charge in [0.15, 0.2) is 0 Å². The van der Waals surface area contributed by atoms with Crippen molar-refractivity contribution in [1.82, 2.24) is 10.2 Å². The Balaban J connectivity index is -0.0000000936. The molecule has 0 spiro atoms. The molecule has 2 aliphatic rings. The van der Waals surface area contributed by atoms with Crippen LogP contribution in [0.3, 0.4) is 0 Å². The molecule has 0 aromatic heterocycles. The third kappa shape index (κ3) is 34.6. The number of allylic oxidation sites excluding steroid dienone is 4. The Labute approximate surface area is 186 Å². The average Bonchev–Trinajstić information content (AvgIpc) is 2.64. The highest BCUT2D eigenvalue weighted by Crippen LogP contribution is 2.14. The second-order valence-electron chi connectivity index (χ2n) is 6.70. The molecule has 1 aliphatic heterocycles. The van der Waals surface area contributed by atoms with Crippen molar-refractivity contribution < 1.29 is 0 Å². The van der Waals surface area contributed by atoms with E-state index in [1.807, 2.05) is 40.8 Å². The first-order valence-corrected chi connectivity index (χ1v) is 10.8. The van der Waals surface area contributed by atoms with Crippen LogP contribution < -0.4 is 11.1 Å². The van der Waals surface area contributed by atoms with Gasteiger partial charge in [-0.2, -0.15) is 0 Å². The van der Waals surface area contributed by atoms with Crippen LogP contribution in [0.5, 0.6) is 0 Å². The highest BCUT2D eigenvalue weighted by atomic mass is 15.2. The first-order chi connectivity index (χ1) is 13.0. The fourth-order valence-electron chi connectivity index (χ4n) is 2.31. The van der Waals surface area contributed by atoms with E-state index in [1.54, 1.807) is 6.92 Å². The molecule has 1 aliphatic carbocycles. The van der Waals surface area contributed by atoms with Crippen molar-refractivity contribution in [2.75, 3.05) is 26.8 Å². The van der Waals surface area contributed by atoms with E-state index in [2.05, 4.69) is 54.6 Å². The highest BCUT2D eigenvalue weighted by Gasteiger charge is 2.13. The fourth-order valence-corrected chi connectivity index (χ4v) is 2.31. The van der Waals surface area contributed by atoms with Crippen molar-refractivity contribution in [2.24, 2.45) is 17.6 Å². The molecule has 2 rings (SSSR count). The number of nitrogens with one attached hydrogen (secondary N) is 1. The Hall–Kier alpha value is -1.28. The summed E-state index contributed by atoms with van der Waals surface area (Å²) in [5.41, 5.74) is 8.66. The maximum Gasteiger partial charge on any atom is 0.0477 e. The molecule has 1 saturated heterocycles. The lowest BCUT2D eigenvalue weighted by Crippen LogP contribution is -2.38. The minimum Gasteiger partial charge on any atom is -0.403 e. The van der Waals surface area contributed by atoms with Crippen LogP contribution in [0.2, 0.25) is 0 Å². The molecular weight excluding hydrogens is 354 g/mol. The van der Waals surface area contributed by atoms with Gasteiger partial charge in [-0.3, -0.25) is 4.90 Å². The zero-order valence-electron chi connectivity index (χ0n) is 19.6. The van der Waals surface area contributed by atoms with Crippen molar-refractivity contribution in [1.29, 1.82) is 0 Å². The van der Waals surface area contributed by atoms with Crippen LogP contribution in [-0.4, -0.2) is 31.7 Å². The Bertz CT molecular complexity index is 381. The minimum absolute atomic E-state index is 0. The van der Waals surface area contributed by atoms with Crippen LogP contribution in [0.4, 0.5) is 0 Å². The van der Waals surface area contributed by atoms with Gasteiger partial charge in [0.25, 0.3) is 0 Å². The van der Waals surface area contributed by atoms with E-state index in [-0.39, 0.29) is 14.9 Å². The molecule has 3 N–H and O–H groups in total. The maximum absolute atomic E-state index is 4.92. The van der Waals surface area contributed by atoms with E-state index in [9.17, 15) is 0 Å². The molecule has 0 saturated carbocycles. The lowest BCUT2D eigenvalue weighted by Gasteiger charge is -2.29. The molecule has 3 nitrogen and oxygen atoms in total. The summed E-state index contributed by atoms with van der Waals surface area (Å²) in [6.45, 7) is 21.3. The quantitative estimate of drug-likeness (QED) is 0.466. The van der Waals surface area contributed by atoms with E-state index in [1.165, 1.54) is 38.8 Å². The standard InChI is InChI=1S/C9H12.C8H18N2.C3H7N.2C2H6.2CH4/c1-9-7-5-3-2-4-6-8-9;1-8-3-5-10(6-4-8)7-9-2;1-3(2)4;2*1-2;;/h2-3,5-6,9H,7-8H2,1H3;8-9H,3-7H2,1-2H3;1,4H2,2H3;2*1-2H3;2*1H4/b5-3-;;;;;;. The maximum atomic E-state index is 4.92. The van der Waals surface area contributed by atoms with E-state index in [4.69, 9.17) is 5.73 Å². The van der Waals surface area contributed by atoms with Gasteiger partial charge in [-0.05, 0) is 82.4 Å². The predicted molar refractivity (Wildman–Crippen MR) is 139 cm³/mol. The molecule has 0 amide bonds. The minimum atomic E-state index is 0. The van der Waals surface area contributed by atoms with Gasteiger partial charge in [0, 0.05) is 6.67 Å². The van der Waals surface area contributed by atoms with E-state index in [0.717, 1.165) is 18.5 Å². The molecule has 0 aromatic rings. The largest absolute Gasteiger partial charge is 0.403 e. The first-order valence-electron chi connectivity index (χ1n) is 10.8. The molecule has 0 aromatic carbocycles. The second kappa shape index (κ2) is 31.4. The van der Waals surface area contributed by atoms with Crippen LogP contribution in [0.15, 0.2) is 42.3 Å². The molecule has 1 atom stereocenters. The third-order valence-electron chi connectivity index (χ3n) is 3.76. The Morgan fingerprint density at radius 3 is 2.00 bits per heavy atom. The van der Waals surface area contributed by atoms with Gasteiger partial charge in [-0.15, -0.1) is 5.73 Å². The van der Waals surface area contributed by atoms with Gasteiger partial charge in [-0.25, -0.2) is 0 Å². The zero-order valence-corrected chi connectivity index (χ0v) is 19.6. The van der Waals surface area contributed by atoms with E-state index < -0.39 is 0 Å². The molecule has 0 bridgehead atoms. The summed E-state index contributed by atoms with van der Waals surface area (Å²) in [7, 11) is 2.01. The second-order valence-corrected chi connectivity index (χ2v) is 6.70. The summed E-state index contributed by atoms with van der Waals surface area (Å²) in [4.78, 5) is 2.47. The fraction of sp³-hybridized carbons (Fsp3) is 0.731. The summed E-state index contributed by atoms with van der Waals surface area (Å²) in [5.74, 6) is 1.75. The highest BCUT2D eigenvalue weighted by molar-refractivity contribution is 5.04. The van der Waals surface area contributed by atoms with Crippen molar-refractivity contribution in [3.05, 3.63) is 42.3 Å². The Morgan fingerprint density at radius 1 is 1.07 bits per heavy atom. The summed E-state index contributed by atoms with van der Waals surface area (Å²) >= 11 is 0. The van der Waals surface area contributed by atoms with E-state index >= 15 is 0 Å². The number of hydrogen-bond donors (Lipinski definition) is 2. The van der Waals surface area contributed by atoms with Gasteiger partial charge in [0.1, 0.15) is 0 Å². The summed E-state index contributed by atoms with van der Waals surface area (Å²) in [6, 6.07) is 0. The Morgan fingerprint density at radius 2 is 1.55 bits per heavy atom. The van der Waals surface area contributed by atoms with Crippen LogP contribution in [0.25, 0.3) is 0 Å². The van der Waals surface area contributed by atoms with Gasteiger partial charge >= 0.3 is 0 Å². The van der Waals surface area contributed by atoms with Crippen molar-refractivity contribution in [3.8, 4) is 0 Å². The lowest BCUT2D eigenvalue weighted by atomic mass is 10.00. The first kappa shape index (κ1) is 38.3. The number of rotatable bonds is 2. The van der Waals surface area contributed by atoms with Gasteiger partial charge in [-0.1, -0.05) is 75.1 Å². The van der Waals surface area contributed by atoms with Crippen LogP contribution in [0.1, 0.15) is 89.0 Å². The molecule has 0 radical (unpaired) electrons. The number of hydrogen-bond acceptors (Lipinski definition) is 3. The number of piperidine rings is 1. The monoisotopic (exact) mass is 411 g/mol. The number of nitrogens with two attached hydrogens (primary N) is 1. The molecule has 1 unspecified atom stereocenters. The number of nitrogens with zero attached hydrogens (tertiary/aromatic N) is 1. The van der Waals surface area contributed by atoms with Crippen molar-refractivity contribution in [3.63, 3.8) is 0 Å². The van der Waals surface area contributed by atoms with Crippen molar-refractivity contribution >= 4 is 0 Å². The van der Waals surface area contributed by atoms with Gasteiger partial charge < -0.3 is 11.1 Å². The molecule has 29 heavy (non-hydrogen) atoms. The van der Waals surface area contributed by atoms with Crippen LogP contribution in [0, 0.1) is 11.8 Å². The Kier molecular flexibility index (Phi) is 41.5. The van der Waals surface area contributed by atoms with Gasteiger partial charge in [0.2, 0.25) is 0 Å². The van der Waals surface area contributed by atoms with Crippen LogP contribution in [-0.2, 0) is 0 Å². The molecule has 1 heterocycles. The molecule has 1 fully saturated rings. The van der Waals surface area contributed by atoms with Crippen LogP contribution >= 0.6 is 0 Å². The predicted octanol–water partition coefficient (Wildman–Crippen LogP) is 7.38. The van der Waals surface area contributed by atoms with Crippen molar-refractivity contribution in [2.45, 2.75) is 89.0 Å². The zero-order chi connectivity index (χ0) is 21.5. The van der Waals surface area contributed by atoms with E-state index in [0.29, 0.717) is 5.70 Å². The molecule has 176 valence electrons. The SMILES string of the molecule is C.C.C=C(C)N.CC.CC.CC1CC=C=C/C=C\C1.CNCN1CCC(C)CC1. The summed E-state index contributed by atoms with van der Waals surface area (Å²) < 4.78 is 0. The smallest absolute Gasteiger partial charge is 0.0477 e. The summed E-state index contributed by atoms with van der Waals surface area (Å²) in [6.07, 6.45) is 13.5. The summed E-state index contributed by atoms with van der Waals surface area (Å²) in [5, 5.41) is 3.18. The van der Waals surface area contributed by atoms with Gasteiger partial charge in [0.05, 0.1) is 0 Å².